The van der Waals surface area contributed by atoms with Gasteiger partial charge in [0.1, 0.15) is 0 Å². The predicted octanol–water partition coefficient (Wildman–Crippen LogP) is 3.06. The summed E-state index contributed by atoms with van der Waals surface area (Å²) in [6.07, 6.45) is 3.45. The lowest BCUT2D eigenvalue weighted by Gasteiger charge is -2.13. The Bertz CT molecular complexity index is 954. The van der Waals surface area contributed by atoms with Crippen LogP contribution < -0.4 is 15.4 Å². The lowest BCUT2D eigenvalue weighted by atomic mass is 10.1. The predicted molar refractivity (Wildman–Crippen MR) is 101 cm³/mol. The van der Waals surface area contributed by atoms with E-state index in [0.717, 1.165) is 17.8 Å². The second-order valence-corrected chi connectivity index (χ2v) is 6.15. The molecule has 0 radical (unpaired) electrons. The third-order valence-electron chi connectivity index (χ3n) is 4.06. The van der Waals surface area contributed by atoms with Crippen molar-refractivity contribution >= 4 is 28.8 Å². The van der Waals surface area contributed by atoms with E-state index < -0.39 is 0 Å². The first-order valence-electron chi connectivity index (χ1n) is 8.23. The first-order valence-corrected chi connectivity index (χ1v) is 8.61. The van der Waals surface area contributed by atoms with Crippen LogP contribution in [0, 0.1) is 6.92 Å². The van der Waals surface area contributed by atoms with E-state index in [2.05, 4.69) is 20.7 Å². The summed E-state index contributed by atoms with van der Waals surface area (Å²) >= 11 is 6.16. The van der Waals surface area contributed by atoms with Crippen molar-refractivity contribution in [3.05, 3.63) is 52.3 Å². The van der Waals surface area contributed by atoms with Crippen LogP contribution >= 0.6 is 11.6 Å². The molecule has 3 aromatic rings. The number of aromatic nitrogens is 3. The number of ether oxygens (including phenoxy) is 1. The van der Waals surface area contributed by atoms with E-state index in [1.54, 1.807) is 29.0 Å². The SMILES string of the molecule is CCNc1cc(Cl)cc(C(=O)NCc2c(OC)nn3cccnc23)c1C. The summed E-state index contributed by atoms with van der Waals surface area (Å²) < 4.78 is 6.93. The number of nitrogens with zero attached hydrogens (tertiary/aromatic N) is 3. The molecule has 0 unspecified atom stereocenters. The molecular formula is C18H20ClN5O2. The maximum atomic E-state index is 12.7. The molecule has 2 heterocycles. The van der Waals surface area contributed by atoms with Gasteiger partial charge >= 0.3 is 0 Å². The van der Waals surface area contributed by atoms with Crippen molar-refractivity contribution in [3.63, 3.8) is 0 Å². The Morgan fingerprint density at radius 2 is 2.19 bits per heavy atom. The largest absolute Gasteiger partial charge is 0.480 e. The Hall–Kier alpha value is -2.80. The average molecular weight is 374 g/mol. The van der Waals surface area contributed by atoms with Crippen molar-refractivity contribution in [3.8, 4) is 5.88 Å². The van der Waals surface area contributed by atoms with E-state index in [-0.39, 0.29) is 12.5 Å². The van der Waals surface area contributed by atoms with Crippen molar-refractivity contribution in [2.75, 3.05) is 19.0 Å². The van der Waals surface area contributed by atoms with Gasteiger partial charge in [0, 0.05) is 35.2 Å². The number of fused-ring (bicyclic) bond motifs is 1. The number of anilines is 1. The van der Waals surface area contributed by atoms with Gasteiger partial charge in [-0.2, -0.15) is 0 Å². The fraction of sp³-hybridized carbons (Fsp3) is 0.278. The number of rotatable bonds is 6. The maximum absolute atomic E-state index is 12.7. The molecule has 136 valence electrons. The molecule has 2 aromatic heterocycles. The topological polar surface area (TPSA) is 80.5 Å². The zero-order valence-electron chi connectivity index (χ0n) is 14.8. The summed E-state index contributed by atoms with van der Waals surface area (Å²) in [5, 5.41) is 10.9. The number of methoxy groups -OCH3 is 1. The lowest BCUT2D eigenvalue weighted by Crippen LogP contribution is -2.24. The van der Waals surface area contributed by atoms with Crippen molar-refractivity contribution < 1.29 is 9.53 Å². The Balaban J connectivity index is 1.86. The van der Waals surface area contributed by atoms with Crippen LogP contribution in [0.4, 0.5) is 5.69 Å². The third kappa shape index (κ3) is 3.43. The van der Waals surface area contributed by atoms with Crippen LogP contribution in [-0.2, 0) is 6.54 Å². The van der Waals surface area contributed by atoms with Crippen LogP contribution in [0.3, 0.4) is 0 Å². The van der Waals surface area contributed by atoms with Gasteiger partial charge in [-0.05, 0) is 37.6 Å². The number of hydrogen-bond acceptors (Lipinski definition) is 5. The summed E-state index contributed by atoms with van der Waals surface area (Å²) in [7, 11) is 1.54. The molecule has 0 fully saturated rings. The summed E-state index contributed by atoms with van der Waals surface area (Å²) in [4.78, 5) is 17.0. The zero-order chi connectivity index (χ0) is 18.7. The molecule has 3 rings (SSSR count). The fourth-order valence-electron chi connectivity index (χ4n) is 2.79. The maximum Gasteiger partial charge on any atom is 0.251 e. The molecule has 0 aliphatic heterocycles. The van der Waals surface area contributed by atoms with Gasteiger partial charge in [-0.25, -0.2) is 9.50 Å². The number of carbonyl (C=O) groups excluding carboxylic acids is 1. The molecule has 0 spiro atoms. The van der Waals surface area contributed by atoms with Crippen LogP contribution in [0.5, 0.6) is 5.88 Å². The number of carbonyl (C=O) groups is 1. The van der Waals surface area contributed by atoms with Crippen molar-refractivity contribution in [2.24, 2.45) is 0 Å². The molecule has 0 saturated carbocycles. The molecular weight excluding hydrogens is 354 g/mol. The number of benzene rings is 1. The lowest BCUT2D eigenvalue weighted by molar-refractivity contribution is 0.0950. The highest BCUT2D eigenvalue weighted by Crippen LogP contribution is 2.25. The molecule has 0 bridgehead atoms. The zero-order valence-corrected chi connectivity index (χ0v) is 15.6. The van der Waals surface area contributed by atoms with Gasteiger partial charge in [0.2, 0.25) is 5.88 Å². The van der Waals surface area contributed by atoms with Crippen LogP contribution in [0.1, 0.15) is 28.4 Å². The van der Waals surface area contributed by atoms with Gasteiger partial charge in [0.25, 0.3) is 5.91 Å². The Kier molecular flexibility index (Phi) is 5.27. The van der Waals surface area contributed by atoms with Gasteiger partial charge in [-0.1, -0.05) is 11.6 Å². The van der Waals surface area contributed by atoms with Crippen LogP contribution in [0.25, 0.3) is 5.65 Å². The van der Waals surface area contributed by atoms with Crippen molar-refractivity contribution in [1.82, 2.24) is 19.9 Å². The molecule has 2 N–H and O–H groups in total. The fourth-order valence-corrected chi connectivity index (χ4v) is 3.00. The van der Waals surface area contributed by atoms with Crippen LogP contribution in [0.2, 0.25) is 5.02 Å². The molecule has 0 saturated heterocycles. The number of halogens is 1. The highest BCUT2D eigenvalue weighted by molar-refractivity contribution is 6.31. The number of amides is 1. The summed E-state index contributed by atoms with van der Waals surface area (Å²) in [5.41, 5.74) is 3.57. The van der Waals surface area contributed by atoms with E-state index >= 15 is 0 Å². The van der Waals surface area contributed by atoms with E-state index in [0.29, 0.717) is 27.7 Å². The van der Waals surface area contributed by atoms with E-state index in [4.69, 9.17) is 16.3 Å². The van der Waals surface area contributed by atoms with Crippen molar-refractivity contribution in [1.29, 1.82) is 0 Å². The Morgan fingerprint density at radius 3 is 2.92 bits per heavy atom. The molecule has 26 heavy (non-hydrogen) atoms. The molecule has 0 aliphatic carbocycles. The summed E-state index contributed by atoms with van der Waals surface area (Å²) in [6.45, 7) is 4.86. The number of nitrogens with one attached hydrogen (secondary N) is 2. The van der Waals surface area contributed by atoms with Gasteiger partial charge in [-0.3, -0.25) is 4.79 Å². The number of hydrogen-bond donors (Lipinski definition) is 2. The molecule has 1 aromatic carbocycles. The second-order valence-electron chi connectivity index (χ2n) is 5.71. The van der Waals surface area contributed by atoms with Crippen LogP contribution in [0.15, 0.2) is 30.6 Å². The average Bonchev–Trinajstić information content (AvgIpc) is 3.00. The molecule has 0 atom stereocenters. The minimum Gasteiger partial charge on any atom is -0.480 e. The standard InChI is InChI=1S/C18H20ClN5O2/c1-4-20-15-9-12(19)8-13(11(15)2)17(25)22-10-14-16-21-6-5-7-24(16)23-18(14)26-3/h5-9,20H,4,10H2,1-3H3,(H,22,25). The van der Waals surface area contributed by atoms with Gasteiger partial charge in [0.15, 0.2) is 5.65 Å². The third-order valence-corrected chi connectivity index (χ3v) is 4.28. The molecule has 1 amide bonds. The highest BCUT2D eigenvalue weighted by atomic mass is 35.5. The van der Waals surface area contributed by atoms with E-state index in [1.807, 2.05) is 19.9 Å². The minimum absolute atomic E-state index is 0.221. The first-order chi connectivity index (χ1) is 12.5. The molecule has 7 nitrogen and oxygen atoms in total. The Morgan fingerprint density at radius 1 is 1.38 bits per heavy atom. The van der Waals surface area contributed by atoms with Crippen molar-refractivity contribution in [2.45, 2.75) is 20.4 Å². The van der Waals surface area contributed by atoms with Crippen LogP contribution in [-0.4, -0.2) is 34.2 Å². The summed E-state index contributed by atoms with van der Waals surface area (Å²) in [5.74, 6) is 0.210. The minimum atomic E-state index is -0.221. The van der Waals surface area contributed by atoms with E-state index in [9.17, 15) is 4.79 Å². The molecule has 8 heteroatoms. The van der Waals surface area contributed by atoms with Gasteiger partial charge < -0.3 is 15.4 Å². The monoisotopic (exact) mass is 373 g/mol. The summed E-state index contributed by atoms with van der Waals surface area (Å²) in [6, 6.07) is 5.26. The Labute approximate surface area is 156 Å². The smallest absolute Gasteiger partial charge is 0.251 e. The highest BCUT2D eigenvalue weighted by Gasteiger charge is 2.18. The quantitative estimate of drug-likeness (QED) is 0.694. The van der Waals surface area contributed by atoms with Gasteiger partial charge in [0.05, 0.1) is 19.2 Å². The van der Waals surface area contributed by atoms with E-state index in [1.165, 1.54) is 7.11 Å². The van der Waals surface area contributed by atoms with Gasteiger partial charge in [-0.15, -0.1) is 5.10 Å². The normalized spacial score (nSPS) is 10.8. The molecule has 0 aliphatic rings. The first kappa shape index (κ1) is 18.0. The second kappa shape index (κ2) is 7.61.